The number of halogens is 1. The summed E-state index contributed by atoms with van der Waals surface area (Å²) in [7, 11) is 0. The van der Waals surface area contributed by atoms with Crippen LogP contribution in [0.3, 0.4) is 0 Å². The van der Waals surface area contributed by atoms with Crippen molar-refractivity contribution in [1.29, 1.82) is 0 Å². The van der Waals surface area contributed by atoms with Gasteiger partial charge in [0.05, 0.1) is 6.54 Å². The summed E-state index contributed by atoms with van der Waals surface area (Å²) in [5.41, 5.74) is 2.57. The molecule has 6 nitrogen and oxygen atoms in total. The van der Waals surface area contributed by atoms with Crippen molar-refractivity contribution in [2.75, 3.05) is 45.8 Å². The Morgan fingerprint density at radius 1 is 1.07 bits per heavy atom. The molecule has 0 atom stereocenters. The van der Waals surface area contributed by atoms with Crippen LogP contribution in [0.15, 0.2) is 29.3 Å². The molecule has 1 saturated heterocycles. The Labute approximate surface area is 187 Å². The monoisotopic (exact) mass is 501 g/mol. The topological polar surface area (TPSA) is 51.2 Å². The van der Waals surface area contributed by atoms with E-state index in [-0.39, 0.29) is 29.9 Å². The zero-order valence-corrected chi connectivity index (χ0v) is 20.1. The van der Waals surface area contributed by atoms with Gasteiger partial charge in [-0.05, 0) is 31.1 Å². The van der Waals surface area contributed by atoms with Crippen LogP contribution in [0.4, 0.5) is 0 Å². The van der Waals surface area contributed by atoms with E-state index in [1.807, 2.05) is 4.90 Å². The average Bonchev–Trinajstić information content (AvgIpc) is 2.69. The van der Waals surface area contributed by atoms with Gasteiger partial charge in [-0.3, -0.25) is 9.69 Å². The minimum Gasteiger partial charge on any atom is -0.357 e. The molecule has 0 bridgehead atoms. The molecular formula is C21H36IN5O. The first-order chi connectivity index (χ1) is 13.1. The Hall–Kier alpha value is -1.35. The number of guanidine groups is 1. The average molecular weight is 501 g/mol. The van der Waals surface area contributed by atoms with Crippen LogP contribution in [0.5, 0.6) is 0 Å². The van der Waals surface area contributed by atoms with Gasteiger partial charge in [0.1, 0.15) is 0 Å². The van der Waals surface area contributed by atoms with Crippen molar-refractivity contribution >= 4 is 35.8 Å². The van der Waals surface area contributed by atoms with Crippen LogP contribution in [0.25, 0.3) is 0 Å². The van der Waals surface area contributed by atoms with Crippen LogP contribution >= 0.6 is 24.0 Å². The minimum atomic E-state index is 0. The van der Waals surface area contributed by atoms with E-state index in [1.165, 1.54) is 11.1 Å². The van der Waals surface area contributed by atoms with Gasteiger partial charge in [0.15, 0.2) is 5.96 Å². The van der Waals surface area contributed by atoms with Crippen molar-refractivity contribution in [3.8, 4) is 0 Å². The molecule has 1 aromatic rings. The molecule has 0 aliphatic carbocycles. The highest BCUT2D eigenvalue weighted by molar-refractivity contribution is 14.0. The first-order valence-corrected chi connectivity index (χ1v) is 10.2. The predicted molar refractivity (Wildman–Crippen MR) is 127 cm³/mol. The zero-order chi connectivity index (χ0) is 19.6. The number of nitrogens with zero attached hydrogens (tertiary/aromatic N) is 4. The number of hydrogen-bond acceptors (Lipinski definition) is 3. The largest absolute Gasteiger partial charge is 0.357 e. The van der Waals surface area contributed by atoms with Crippen LogP contribution in [0, 0.1) is 0 Å². The molecule has 0 radical (unpaired) electrons. The van der Waals surface area contributed by atoms with Crippen LogP contribution in [-0.4, -0.2) is 72.4 Å². The van der Waals surface area contributed by atoms with Gasteiger partial charge in [-0.15, -0.1) is 24.0 Å². The molecule has 1 aliphatic rings. The second-order valence-electron chi connectivity index (χ2n) is 6.94. The summed E-state index contributed by atoms with van der Waals surface area (Å²) >= 11 is 0. The summed E-state index contributed by atoms with van der Waals surface area (Å²) in [6.45, 7) is 15.9. The van der Waals surface area contributed by atoms with Gasteiger partial charge >= 0.3 is 0 Å². The number of carbonyl (C=O) groups is 1. The summed E-state index contributed by atoms with van der Waals surface area (Å²) in [6.07, 6.45) is 0. The first-order valence-electron chi connectivity index (χ1n) is 10.2. The summed E-state index contributed by atoms with van der Waals surface area (Å²) in [6, 6.07) is 8.73. The summed E-state index contributed by atoms with van der Waals surface area (Å²) < 4.78 is 0. The van der Waals surface area contributed by atoms with Crippen molar-refractivity contribution < 1.29 is 4.79 Å². The smallest absolute Gasteiger partial charge is 0.219 e. The summed E-state index contributed by atoms with van der Waals surface area (Å²) in [5, 5.41) is 3.40. The van der Waals surface area contributed by atoms with E-state index in [4.69, 9.17) is 4.99 Å². The number of aliphatic imine (C=N–C) groups is 1. The van der Waals surface area contributed by atoms with Gasteiger partial charge in [0.2, 0.25) is 5.91 Å². The number of benzene rings is 1. The summed E-state index contributed by atoms with van der Waals surface area (Å²) in [4.78, 5) is 22.9. The van der Waals surface area contributed by atoms with Crippen LogP contribution < -0.4 is 5.32 Å². The fraction of sp³-hybridized carbons (Fsp3) is 0.619. The molecule has 158 valence electrons. The van der Waals surface area contributed by atoms with Crippen molar-refractivity contribution in [2.45, 2.75) is 40.8 Å². The molecule has 0 saturated carbocycles. The van der Waals surface area contributed by atoms with E-state index in [9.17, 15) is 4.79 Å². The van der Waals surface area contributed by atoms with Gasteiger partial charge in [-0.25, -0.2) is 4.99 Å². The Morgan fingerprint density at radius 3 is 2.25 bits per heavy atom. The summed E-state index contributed by atoms with van der Waals surface area (Å²) in [5.74, 6) is 1.09. The maximum Gasteiger partial charge on any atom is 0.219 e. The number of rotatable bonds is 7. The molecule has 0 unspecified atom stereocenters. The Bertz CT molecular complexity index is 625. The lowest BCUT2D eigenvalue weighted by Crippen LogP contribution is -2.53. The highest BCUT2D eigenvalue weighted by Crippen LogP contribution is 2.10. The highest BCUT2D eigenvalue weighted by Gasteiger charge is 2.20. The number of hydrogen-bond donors (Lipinski definition) is 1. The van der Waals surface area contributed by atoms with Gasteiger partial charge in [0.25, 0.3) is 0 Å². The van der Waals surface area contributed by atoms with E-state index in [2.05, 4.69) is 60.2 Å². The number of amides is 1. The lowest BCUT2D eigenvalue weighted by molar-refractivity contribution is -0.130. The molecule has 28 heavy (non-hydrogen) atoms. The van der Waals surface area contributed by atoms with Crippen molar-refractivity contribution in [1.82, 2.24) is 20.0 Å². The van der Waals surface area contributed by atoms with Gasteiger partial charge in [0, 0.05) is 46.2 Å². The maximum atomic E-state index is 11.5. The third-order valence-electron chi connectivity index (χ3n) is 5.06. The minimum absolute atomic E-state index is 0. The molecule has 1 heterocycles. The lowest BCUT2D eigenvalue weighted by atomic mass is 10.1. The van der Waals surface area contributed by atoms with Crippen molar-refractivity contribution in [3.05, 3.63) is 35.4 Å². The Morgan fingerprint density at radius 2 is 1.68 bits per heavy atom. The van der Waals surface area contributed by atoms with E-state index in [0.29, 0.717) is 6.54 Å². The molecule has 2 rings (SSSR count). The molecule has 1 N–H and O–H groups in total. The normalized spacial score (nSPS) is 14.8. The third-order valence-corrected chi connectivity index (χ3v) is 5.06. The maximum absolute atomic E-state index is 11.5. The zero-order valence-electron chi connectivity index (χ0n) is 17.8. The number of nitrogens with one attached hydrogen (secondary N) is 1. The molecule has 1 aromatic carbocycles. The Balaban J connectivity index is 0.00000392. The molecule has 7 heteroatoms. The fourth-order valence-corrected chi connectivity index (χ4v) is 3.36. The molecule has 1 amide bonds. The van der Waals surface area contributed by atoms with E-state index < -0.39 is 0 Å². The SMILES string of the molecule is CCNC(=NCc1cccc(CN(CC)CC)c1)N1CCN(C(C)=O)CC1.I. The van der Waals surface area contributed by atoms with Gasteiger partial charge in [-0.2, -0.15) is 0 Å². The first kappa shape index (κ1) is 24.7. The third kappa shape index (κ3) is 7.58. The van der Waals surface area contributed by atoms with E-state index in [1.54, 1.807) is 6.92 Å². The van der Waals surface area contributed by atoms with Crippen LogP contribution in [0.2, 0.25) is 0 Å². The molecule has 0 aromatic heterocycles. The fourth-order valence-electron chi connectivity index (χ4n) is 3.36. The van der Waals surface area contributed by atoms with Gasteiger partial charge in [-0.1, -0.05) is 38.1 Å². The van der Waals surface area contributed by atoms with Crippen LogP contribution in [0.1, 0.15) is 38.8 Å². The highest BCUT2D eigenvalue weighted by atomic mass is 127. The number of piperazine rings is 1. The molecule has 1 aliphatic heterocycles. The molecule has 1 fully saturated rings. The predicted octanol–water partition coefficient (Wildman–Crippen LogP) is 2.78. The van der Waals surface area contributed by atoms with E-state index >= 15 is 0 Å². The Kier molecular flexibility index (Phi) is 11.4. The van der Waals surface area contributed by atoms with Crippen molar-refractivity contribution in [2.24, 2.45) is 4.99 Å². The van der Waals surface area contributed by atoms with E-state index in [0.717, 1.165) is 58.3 Å². The standard InChI is InChI=1S/C21H35N5O.HI/c1-5-22-21(26-13-11-25(12-14-26)18(4)27)23-16-19-9-8-10-20(15-19)17-24(6-2)7-3;/h8-10,15H,5-7,11-14,16-17H2,1-4H3,(H,22,23);1H. The second kappa shape index (κ2) is 13.0. The molecule has 0 spiro atoms. The molecular weight excluding hydrogens is 465 g/mol. The van der Waals surface area contributed by atoms with Crippen molar-refractivity contribution in [3.63, 3.8) is 0 Å². The lowest BCUT2D eigenvalue weighted by Gasteiger charge is -2.36. The number of carbonyl (C=O) groups excluding carboxylic acids is 1. The van der Waals surface area contributed by atoms with Gasteiger partial charge < -0.3 is 15.1 Å². The second-order valence-corrected chi connectivity index (χ2v) is 6.94. The van der Waals surface area contributed by atoms with Crippen LogP contribution in [-0.2, 0) is 17.9 Å². The quantitative estimate of drug-likeness (QED) is 0.355.